The quantitative estimate of drug-likeness (QED) is 0.791. The second-order valence-corrected chi connectivity index (χ2v) is 5.63. The van der Waals surface area contributed by atoms with E-state index >= 15 is 0 Å². The van der Waals surface area contributed by atoms with E-state index in [1.807, 2.05) is 12.3 Å². The summed E-state index contributed by atoms with van der Waals surface area (Å²) in [6, 6.07) is 12.7. The molecule has 1 N–H and O–H groups in total. The van der Waals surface area contributed by atoms with Gasteiger partial charge in [-0.05, 0) is 29.2 Å². The lowest BCUT2D eigenvalue weighted by Gasteiger charge is -2.02. The lowest BCUT2D eigenvalue weighted by molar-refractivity contribution is 0.322. The Morgan fingerprint density at radius 3 is 2.65 bits per heavy atom. The number of hydrogen-bond donors (Lipinski definition) is 1. The van der Waals surface area contributed by atoms with Crippen LogP contribution in [-0.4, -0.2) is 28.2 Å². The molecule has 2 aromatic rings. The Labute approximate surface area is 124 Å². The first-order chi connectivity index (χ1) is 9.88. The molecule has 0 aliphatic carbocycles. The van der Waals surface area contributed by atoms with E-state index in [-0.39, 0.29) is 6.61 Å². The summed E-state index contributed by atoms with van der Waals surface area (Å²) in [6.45, 7) is 0.252. The van der Waals surface area contributed by atoms with Gasteiger partial charge < -0.3 is 5.11 Å². The number of nitrogens with zero attached hydrogens (tertiary/aromatic N) is 1. The molecule has 0 atom stereocenters. The highest BCUT2D eigenvalue weighted by Gasteiger charge is 1.96. The third-order valence-corrected chi connectivity index (χ3v) is 3.77. The van der Waals surface area contributed by atoms with Crippen LogP contribution in [0.1, 0.15) is 16.7 Å². The van der Waals surface area contributed by atoms with Gasteiger partial charge in [0.05, 0.1) is 6.61 Å². The van der Waals surface area contributed by atoms with Crippen molar-refractivity contribution in [3.05, 3.63) is 71.6 Å². The normalized spacial score (nSPS) is 11.1. The maximum Gasteiger partial charge on any atom is 0.0521 e. The number of pyridine rings is 1. The zero-order valence-electron chi connectivity index (χ0n) is 11.4. The predicted molar refractivity (Wildman–Crippen MR) is 86.9 cm³/mol. The minimum absolute atomic E-state index is 0.252. The minimum Gasteiger partial charge on any atom is -0.396 e. The highest BCUT2D eigenvalue weighted by molar-refractivity contribution is 7.99. The molecule has 0 amide bonds. The smallest absolute Gasteiger partial charge is 0.0521 e. The molecule has 20 heavy (non-hydrogen) atoms. The van der Waals surface area contributed by atoms with Crippen molar-refractivity contribution in [2.24, 2.45) is 0 Å². The molecule has 2 rings (SSSR count). The fourth-order valence-electron chi connectivity index (χ4n) is 1.89. The molecule has 0 aliphatic rings. The molecule has 0 radical (unpaired) electrons. The summed E-state index contributed by atoms with van der Waals surface area (Å²) in [5, 5.41) is 8.68. The molecular weight excluding hydrogens is 266 g/mol. The van der Waals surface area contributed by atoms with E-state index in [0.717, 1.165) is 17.9 Å². The van der Waals surface area contributed by atoms with Gasteiger partial charge in [-0.25, -0.2) is 0 Å². The zero-order chi connectivity index (χ0) is 14.0. The van der Waals surface area contributed by atoms with Crippen LogP contribution in [0.3, 0.4) is 0 Å². The fraction of sp³-hybridized carbons (Fsp3) is 0.235. The zero-order valence-corrected chi connectivity index (χ0v) is 12.2. The van der Waals surface area contributed by atoms with Crippen LogP contribution >= 0.6 is 11.8 Å². The SMILES string of the molecule is OCCSC/C=C/c1ccc(Cc2cccnc2)cc1. The van der Waals surface area contributed by atoms with Crippen molar-refractivity contribution in [2.45, 2.75) is 6.42 Å². The average molecular weight is 285 g/mol. The molecule has 0 saturated heterocycles. The molecule has 1 aromatic heterocycles. The van der Waals surface area contributed by atoms with Gasteiger partial charge in [0.25, 0.3) is 0 Å². The summed E-state index contributed by atoms with van der Waals surface area (Å²) in [5.74, 6) is 1.74. The number of aromatic nitrogens is 1. The monoisotopic (exact) mass is 285 g/mol. The Bertz CT molecular complexity index is 522. The minimum atomic E-state index is 0.252. The molecule has 0 spiro atoms. The highest BCUT2D eigenvalue weighted by atomic mass is 32.2. The molecule has 3 heteroatoms. The van der Waals surface area contributed by atoms with Gasteiger partial charge in [0.2, 0.25) is 0 Å². The average Bonchev–Trinajstić information content (AvgIpc) is 2.50. The van der Waals surface area contributed by atoms with Crippen LogP contribution in [0.25, 0.3) is 6.08 Å². The van der Waals surface area contributed by atoms with E-state index in [2.05, 4.69) is 47.5 Å². The van der Waals surface area contributed by atoms with Crippen molar-refractivity contribution in [3.8, 4) is 0 Å². The summed E-state index contributed by atoms with van der Waals surface area (Å²) in [6.07, 6.45) is 8.89. The van der Waals surface area contributed by atoms with Crippen molar-refractivity contribution in [3.63, 3.8) is 0 Å². The molecule has 1 heterocycles. The summed E-state index contributed by atoms with van der Waals surface area (Å²) < 4.78 is 0. The van der Waals surface area contributed by atoms with Crippen molar-refractivity contribution in [2.75, 3.05) is 18.1 Å². The van der Waals surface area contributed by atoms with Crippen LogP contribution in [0.15, 0.2) is 54.9 Å². The van der Waals surface area contributed by atoms with E-state index in [0.29, 0.717) is 0 Å². The van der Waals surface area contributed by atoms with Crippen LogP contribution in [0.4, 0.5) is 0 Å². The van der Waals surface area contributed by atoms with Crippen LogP contribution in [0.5, 0.6) is 0 Å². The fourth-order valence-corrected chi connectivity index (χ4v) is 2.41. The van der Waals surface area contributed by atoms with Gasteiger partial charge in [-0.1, -0.05) is 42.5 Å². The summed E-state index contributed by atoms with van der Waals surface area (Å²) in [5.41, 5.74) is 3.74. The maximum absolute atomic E-state index is 8.68. The number of thioether (sulfide) groups is 1. The van der Waals surface area contributed by atoms with E-state index in [1.165, 1.54) is 16.7 Å². The van der Waals surface area contributed by atoms with Crippen molar-refractivity contribution in [1.82, 2.24) is 4.98 Å². The third kappa shape index (κ3) is 5.19. The topological polar surface area (TPSA) is 33.1 Å². The van der Waals surface area contributed by atoms with E-state index in [1.54, 1.807) is 18.0 Å². The second-order valence-electron chi connectivity index (χ2n) is 4.48. The number of rotatable bonds is 7. The molecule has 0 bridgehead atoms. The van der Waals surface area contributed by atoms with Gasteiger partial charge in [0.1, 0.15) is 0 Å². The van der Waals surface area contributed by atoms with Crippen LogP contribution in [-0.2, 0) is 6.42 Å². The summed E-state index contributed by atoms with van der Waals surface area (Å²) in [7, 11) is 0. The van der Waals surface area contributed by atoms with Crippen LogP contribution in [0.2, 0.25) is 0 Å². The molecule has 104 valence electrons. The van der Waals surface area contributed by atoms with Gasteiger partial charge in [-0.3, -0.25) is 4.98 Å². The third-order valence-electron chi connectivity index (χ3n) is 2.87. The van der Waals surface area contributed by atoms with Crippen molar-refractivity contribution >= 4 is 17.8 Å². The van der Waals surface area contributed by atoms with Gasteiger partial charge in [-0.15, -0.1) is 0 Å². The first-order valence-corrected chi connectivity index (χ1v) is 7.87. The van der Waals surface area contributed by atoms with Crippen molar-refractivity contribution < 1.29 is 5.11 Å². The lowest BCUT2D eigenvalue weighted by Crippen LogP contribution is -1.88. The highest BCUT2D eigenvalue weighted by Crippen LogP contribution is 2.11. The molecule has 0 saturated carbocycles. The Morgan fingerprint density at radius 1 is 1.10 bits per heavy atom. The molecule has 1 aromatic carbocycles. The van der Waals surface area contributed by atoms with Crippen LogP contribution < -0.4 is 0 Å². The second kappa shape index (κ2) is 8.56. The largest absolute Gasteiger partial charge is 0.396 e. The molecule has 0 aliphatic heterocycles. The Morgan fingerprint density at radius 2 is 1.95 bits per heavy atom. The van der Waals surface area contributed by atoms with E-state index in [4.69, 9.17) is 5.11 Å². The maximum atomic E-state index is 8.68. The summed E-state index contributed by atoms with van der Waals surface area (Å²) >= 11 is 1.73. The van der Waals surface area contributed by atoms with Gasteiger partial charge in [0, 0.05) is 23.9 Å². The molecule has 0 fully saturated rings. The van der Waals surface area contributed by atoms with E-state index < -0.39 is 0 Å². The number of hydrogen-bond acceptors (Lipinski definition) is 3. The summed E-state index contributed by atoms with van der Waals surface area (Å²) in [4.78, 5) is 4.13. The molecule has 0 unspecified atom stereocenters. The van der Waals surface area contributed by atoms with Gasteiger partial charge in [0.15, 0.2) is 0 Å². The van der Waals surface area contributed by atoms with Gasteiger partial charge in [-0.2, -0.15) is 11.8 Å². The first-order valence-electron chi connectivity index (χ1n) is 6.71. The Balaban J connectivity index is 1.86. The molecule has 2 nitrogen and oxygen atoms in total. The predicted octanol–water partition coefficient (Wildman–Crippen LogP) is 3.41. The van der Waals surface area contributed by atoms with Crippen molar-refractivity contribution in [1.29, 1.82) is 0 Å². The Hall–Kier alpha value is -1.58. The molecular formula is C17H19NOS. The first kappa shape index (κ1) is 14.8. The Kier molecular flexibility index (Phi) is 6.35. The number of aliphatic hydroxyl groups excluding tert-OH is 1. The number of benzene rings is 1. The van der Waals surface area contributed by atoms with Gasteiger partial charge >= 0.3 is 0 Å². The van der Waals surface area contributed by atoms with Crippen LogP contribution in [0, 0.1) is 0 Å². The number of aliphatic hydroxyl groups is 1. The van der Waals surface area contributed by atoms with E-state index in [9.17, 15) is 0 Å². The standard InChI is InChI=1S/C17H19NOS/c19-10-12-20-11-2-4-15-5-7-16(8-6-15)13-17-3-1-9-18-14-17/h1-9,14,19H,10-13H2/b4-2+. The lowest BCUT2D eigenvalue weighted by atomic mass is 10.0.